The minimum atomic E-state index is -0.646. The second kappa shape index (κ2) is 8.85. The molecule has 0 bridgehead atoms. The van der Waals surface area contributed by atoms with E-state index >= 15 is 0 Å². The quantitative estimate of drug-likeness (QED) is 0.604. The Morgan fingerprint density at radius 3 is 2.71 bits per heavy atom. The third-order valence-electron chi connectivity index (χ3n) is 7.58. The van der Waals surface area contributed by atoms with Gasteiger partial charge >= 0.3 is 0 Å². The van der Waals surface area contributed by atoms with Crippen LogP contribution >= 0.6 is 0 Å². The molecule has 3 aliphatic carbocycles. The van der Waals surface area contributed by atoms with Crippen molar-refractivity contribution in [2.75, 3.05) is 13.2 Å². The van der Waals surface area contributed by atoms with Crippen LogP contribution in [0.4, 0.5) is 0 Å². The van der Waals surface area contributed by atoms with E-state index in [1.165, 1.54) is 37.7 Å². The molecule has 3 aliphatic rings. The summed E-state index contributed by atoms with van der Waals surface area (Å²) in [5.41, 5.74) is 3.44. The molecule has 2 N–H and O–H groups in total. The zero-order valence-electron chi connectivity index (χ0n) is 18.2. The van der Waals surface area contributed by atoms with Crippen LogP contribution in [0, 0.1) is 17.3 Å². The first-order valence-corrected chi connectivity index (χ1v) is 11.3. The van der Waals surface area contributed by atoms with E-state index in [2.05, 4.69) is 25.7 Å². The number of hydrogen-bond acceptors (Lipinski definition) is 3. The molecule has 0 amide bonds. The fraction of sp³-hybridized carbons (Fsp3) is 0.760. The summed E-state index contributed by atoms with van der Waals surface area (Å²) in [7, 11) is 0. The van der Waals surface area contributed by atoms with Crippen LogP contribution in [0.5, 0.6) is 0 Å². The Morgan fingerprint density at radius 1 is 1.18 bits per heavy atom. The Balaban J connectivity index is 1.63. The topological polar surface area (TPSA) is 49.7 Å². The van der Waals surface area contributed by atoms with E-state index in [-0.39, 0.29) is 6.10 Å². The highest BCUT2D eigenvalue weighted by Crippen LogP contribution is 2.57. The van der Waals surface area contributed by atoms with Gasteiger partial charge in [-0.05, 0) is 100 Å². The molecule has 0 aliphatic heterocycles. The van der Waals surface area contributed by atoms with Crippen molar-refractivity contribution >= 4 is 0 Å². The van der Waals surface area contributed by atoms with Crippen LogP contribution in [-0.2, 0) is 4.74 Å². The Bertz CT molecular complexity index is 624. The predicted octanol–water partition coefficient (Wildman–Crippen LogP) is 5.33. The molecule has 0 heterocycles. The zero-order valence-corrected chi connectivity index (χ0v) is 18.2. The number of rotatable bonds is 6. The minimum Gasteiger partial charge on any atom is -0.390 e. The fourth-order valence-corrected chi connectivity index (χ4v) is 5.60. The SMILES string of the molecule is C=C1/C(=C\C=C2/CCCC3(C)C(COCCC(C)(C)O)CCC23)CCCC1O. The molecule has 0 saturated heterocycles. The normalized spacial score (nSPS) is 36.9. The smallest absolute Gasteiger partial charge is 0.0787 e. The molecule has 0 spiro atoms. The van der Waals surface area contributed by atoms with Crippen molar-refractivity contribution in [3.8, 4) is 0 Å². The number of aliphatic hydroxyl groups excluding tert-OH is 1. The van der Waals surface area contributed by atoms with E-state index in [0.717, 1.165) is 31.4 Å². The van der Waals surface area contributed by atoms with Crippen molar-refractivity contribution in [1.82, 2.24) is 0 Å². The second-order valence-corrected chi connectivity index (χ2v) is 10.2. The van der Waals surface area contributed by atoms with Crippen LogP contribution in [0.15, 0.2) is 35.5 Å². The van der Waals surface area contributed by atoms with Crippen molar-refractivity contribution in [3.05, 3.63) is 35.5 Å². The maximum atomic E-state index is 10.1. The number of allylic oxidation sites excluding steroid dienone is 3. The summed E-state index contributed by atoms with van der Waals surface area (Å²) in [4.78, 5) is 0. The number of ether oxygens (including phenoxy) is 1. The van der Waals surface area contributed by atoms with Crippen LogP contribution in [0.1, 0.15) is 78.6 Å². The summed E-state index contributed by atoms with van der Waals surface area (Å²) in [6, 6.07) is 0. The van der Waals surface area contributed by atoms with Gasteiger partial charge in [-0.15, -0.1) is 0 Å². The van der Waals surface area contributed by atoms with Gasteiger partial charge in [-0.1, -0.05) is 31.2 Å². The molecule has 3 fully saturated rings. The van der Waals surface area contributed by atoms with Gasteiger partial charge in [0, 0.05) is 13.2 Å². The molecule has 0 radical (unpaired) electrons. The van der Waals surface area contributed by atoms with Gasteiger partial charge in [0.25, 0.3) is 0 Å². The van der Waals surface area contributed by atoms with Gasteiger partial charge in [0.15, 0.2) is 0 Å². The number of fused-ring (bicyclic) bond motifs is 1. The van der Waals surface area contributed by atoms with Crippen molar-refractivity contribution in [2.45, 2.75) is 90.3 Å². The van der Waals surface area contributed by atoms with E-state index in [1.54, 1.807) is 5.57 Å². The molecular weight excluding hydrogens is 348 g/mol. The number of hydrogen-bond donors (Lipinski definition) is 2. The first-order valence-electron chi connectivity index (χ1n) is 11.3. The second-order valence-electron chi connectivity index (χ2n) is 10.2. The molecular formula is C25H40O3. The molecule has 158 valence electrons. The molecule has 0 aromatic rings. The lowest BCUT2D eigenvalue weighted by molar-refractivity contribution is -0.000944. The van der Waals surface area contributed by atoms with Crippen LogP contribution in [0.2, 0.25) is 0 Å². The highest BCUT2D eigenvalue weighted by molar-refractivity contribution is 5.37. The van der Waals surface area contributed by atoms with Crippen LogP contribution in [-0.4, -0.2) is 35.1 Å². The lowest BCUT2D eigenvalue weighted by Crippen LogP contribution is -2.35. The lowest BCUT2D eigenvalue weighted by atomic mass is 9.63. The molecule has 0 aromatic heterocycles. The highest BCUT2D eigenvalue weighted by Gasteiger charge is 2.49. The van der Waals surface area contributed by atoms with Gasteiger partial charge in [0.1, 0.15) is 0 Å². The van der Waals surface area contributed by atoms with Gasteiger partial charge in [-0.25, -0.2) is 0 Å². The molecule has 3 saturated carbocycles. The van der Waals surface area contributed by atoms with Crippen molar-refractivity contribution in [2.24, 2.45) is 17.3 Å². The maximum Gasteiger partial charge on any atom is 0.0787 e. The summed E-state index contributed by atoms with van der Waals surface area (Å²) in [6.07, 6.45) is 14.1. The molecule has 3 rings (SSSR count). The van der Waals surface area contributed by atoms with Crippen molar-refractivity contribution in [3.63, 3.8) is 0 Å². The molecule has 4 unspecified atom stereocenters. The maximum absolute atomic E-state index is 10.1. The van der Waals surface area contributed by atoms with Gasteiger partial charge in [-0.3, -0.25) is 0 Å². The lowest BCUT2D eigenvalue weighted by Gasteiger charge is -2.42. The fourth-order valence-electron chi connectivity index (χ4n) is 5.60. The van der Waals surface area contributed by atoms with E-state index in [4.69, 9.17) is 4.74 Å². The van der Waals surface area contributed by atoms with Crippen LogP contribution in [0.25, 0.3) is 0 Å². The summed E-state index contributed by atoms with van der Waals surface area (Å²) in [5, 5.41) is 19.9. The van der Waals surface area contributed by atoms with E-state index in [9.17, 15) is 10.2 Å². The van der Waals surface area contributed by atoms with E-state index in [1.807, 2.05) is 13.8 Å². The van der Waals surface area contributed by atoms with Crippen LogP contribution < -0.4 is 0 Å². The van der Waals surface area contributed by atoms with Gasteiger partial charge in [0.2, 0.25) is 0 Å². The molecule has 4 atom stereocenters. The van der Waals surface area contributed by atoms with E-state index in [0.29, 0.717) is 30.3 Å². The minimum absolute atomic E-state index is 0.334. The third kappa shape index (κ3) is 4.98. The van der Waals surface area contributed by atoms with Crippen molar-refractivity contribution < 1.29 is 14.9 Å². The predicted molar refractivity (Wildman–Crippen MR) is 115 cm³/mol. The Labute approximate surface area is 171 Å². The van der Waals surface area contributed by atoms with E-state index < -0.39 is 5.60 Å². The first-order chi connectivity index (χ1) is 13.2. The summed E-state index contributed by atoms with van der Waals surface area (Å²) >= 11 is 0. The molecule has 28 heavy (non-hydrogen) atoms. The van der Waals surface area contributed by atoms with Gasteiger partial charge in [-0.2, -0.15) is 0 Å². The summed E-state index contributed by atoms with van der Waals surface area (Å²) in [5.74, 6) is 1.27. The Kier molecular flexibility index (Phi) is 6.89. The summed E-state index contributed by atoms with van der Waals surface area (Å²) in [6.45, 7) is 11.7. The third-order valence-corrected chi connectivity index (χ3v) is 7.58. The Hall–Kier alpha value is -0.900. The molecule has 0 aromatic carbocycles. The van der Waals surface area contributed by atoms with Gasteiger partial charge < -0.3 is 14.9 Å². The largest absolute Gasteiger partial charge is 0.390 e. The zero-order chi connectivity index (χ0) is 20.4. The van der Waals surface area contributed by atoms with Crippen molar-refractivity contribution in [1.29, 1.82) is 0 Å². The standard InChI is InChI=1S/C25H40O3/c1-18-19(7-5-9-23(18)26)10-11-20-8-6-14-25(4)21(12-13-22(20)25)17-28-16-15-24(2,3)27/h10-11,21-23,26-27H,1,5-9,12-17H2,2-4H3/b19-10-,20-11+. The average Bonchev–Trinajstić information content (AvgIpc) is 2.96. The monoisotopic (exact) mass is 388 g/mol. The Morgan fingerprint density at radius 2 is 1.96 bits per heavy atom. The molecule has 3 heteroatoms. The number of aliphatic hydroxyl groups is 2. The average molecular weight is 389 g/mol. The highest BCUT2D eigenvalue weighted by atomic mass is 16.5. The first kappa shape index (κ1) is 21.8. The van der Waals surface area contributed by atoms with Crippen LogP contribution in [0.3, 0.4) is 0 Å². The summed E-state index contributed by atoms with van der Waals surface area (Å²) < 4.78 is 5.99. The van der Waals surface area contributed by atoms with Gasteiger partial charge in [0.05, 0.1) is 11.7 Å². The molecule has 3 nitrogen and oxygen atoms in total.